The van der Waals surface area contributed by atoms with Gasteiger partial charge >= 0.3 is 6.18 Å². The van der Waals surface area contributed by atoms with Gasteiger partial charge in [-0.05, 0) is 12.1 Å². The first-order chi connectivity index (χ1) is 9.48. The number of nitrogens with zero attached hydrogens (tertiary/aromatic N) is 2. The van der Waals surface area contributed by atoms with Crippen LogP contribution in [0.3, 0.4) is 0 Å². The normalized spacial score (nSPS) is 15.2. The van der Waals surface area contributed by atoms with Crippen molar-refractivity contribution >= 4 is 0 Å². The molecule has 7 heteroatoms. The first-order valence-corrected chi connectivity index (χ1v) is 6.12. The second-order valence-electron chi connectivity index (χ2n) is 4.54. The Balaban J connectivity index is 2.28. The number of hydrogen-bond donors (Lipinski definition) is 1. The van der Waals surface area contributed by atoms with E-state index in [1.807, 2.05) is 0 Å². The molecular weight excluding hydrogens is 274 g/mol. The molecule has 0 unspecified atom stereocenters. The summed E-state index contributed by atoms with van der Waals surface area (Å²) in [4.78, 5) is 3.65. The lowest BCUT2D eigenvalue weighted by atomic mass is 10.1. The zero-order valence-corrected chi connectivity index (χ0v) is 10.3. The van der Waals surface area contributed by atoms with Gasteiger partial charge in [-0.25, -0.2) is 9.37 Å². The molecule has 1 aliphatic heterocycles. The van der Waals surface area contributed by atoms with E-state index in [1.165, 1.54) is 18.2 Å². The van der Waals surface area contributed by atoms with Crippen LogP contribution in [-0.4, -0.2) is 16.1 Å². The van der Waals surface area contributed by atoms with E-state index in [4.69, 9.17) is 0 Å². The third-order valence-corrected chi connectivity index (χ3v) is 3.23. The second kappa shape index (κ2) is 4.59. The molecular formula is C13H11F4N3. The molecule has 0 saturated heterocycles. The number of rotatable bonds is 1. The van der Waals surface area contributed by atoms with Crippen molar-refractivity contribution in [3.8, 4) is 5.69 Å². The van der Waals surface area contributed by atoms with Gasteiger partial charge in [-0.1, -0.05) is 12.1 Å². The second-order valence-corrected chi connectivity index (χ2v) is 4.54. The van der Waals surface area contributed by atoms with Gasteiger partial charge in [0.25, 0.3) is 0 Å². The molecule has 1 aliphatic rings. The van der Waals surface area contributed by atoms with Crippen molar-refractivity contribution < 1.29 is 17.6 Å². The Morgan fingerprint density at radius 2 is 1.95 bits per heavy atom. The highest BCUT2D eigenvalue weighted by atomic mass is 19.4. The largest absolute Gasteiger partial charge is 0.450 e. The number of halogens is 4. The fraction of sp³-hybridized carbons (Fsp3) is 0.308. The molecule has 2 heterocycles. The van der Waals surface area contributed by atoms with Gasteiger partial charge in [0.05, 0.1) is 11.4 Å². The molecule has 1 N–H and O–H groups in total. The van der Waals surface area contributed by atoms with Crippen LogP contribution >= 0.6 is 0 Å². The number of nitrogens with one attached hydrogen (secondary N) is 1. The van der Waals surface area contributed by atoms with E-state index < -0.39 is 17.8 Å². The summed E-state index contributed by atoms with van der Waals surface area (Å²) in [6, 6.07) is 5.42. The zero-order chi connectivity index (χ0) is 14.3. The third kappa shape index (κ3) is 2.07. The van der Waals surface area contributed by atoms with E-state index in [-0.39, 0.29) is 12.2 Å². The van der Waals surface area contributed by atoms with Crippen LogP contribution in [0.5, 0.6) is 0 Å². The van der Waals surface area contributed by atoms with Crippen LogP contribution in [-0.2, 0) is 19.1 Å². The number of aromatic nitrogens is 2. The molecule has 106 valence electrons. The Labute approximate surface area is 112 Å². The van der Waals surface area contributed by atoms with Crippen molar-refractivity contribution in [2.45, 2.75) is 19.1 Å². The van der Waals surface area contributed by atoms with Crippen LogP contribution in [0.15, 0.2) is 24.3 Å². The number of benzene rings is 1. The predicted molar refractivity (Wildman–Crippen MR) is 63.9 cm³/mol. The smallest absolute Gasteiger partial charge is 0.311 e. The highest BCUT2D eigenvalue weighted by molar-refractivity contribution is 5.40. The molecule has 0 bridgehead atoms. The van der Waals surface area contributed by atoms with Crippen LogP contribution in [0.25, 0.3) is 5.69 Å². The van der Waals surface area contributed by atoms with Crippen LogP contribution in [0.2, 0.25) is 0 Å². The molecule has 1 aromatic heterocycles. The van der Waals surface area contributed by atoms with E-state index in [0.29, 0.717) is 24.4 Å². The molecule has 0 aliphatic carbocycles. The average molecular weight is 285 g/mol. The molecule has 0 spiro atoms. The summed E-state index contributed by atoms with van der Waals surface area (Å²) in [5, 5.41) is 2.96. The lowest BCUT2D eigenvalue weighted by molar-refractivity contribution is -0.146. The molecule has 3 nitrogen and oxygen atoms in total. The highest BCUT2D eigenvalue weighted by Gasteiger charge is 2.40. The lowest BCUT2D eigenvalue weighted by Crippen LogP contribution is -2.25. The molecule has 2 aromatic rings. The Hall–Kier alpha value is -1.89. The van der Waals surface area contributed by atoms with Crippen LogP contribution in [0.1, 0.15) is 17.2 Å². The van der Waals surface area contributed by atoms with Crippen molar-refractivity contribution in [2.24, 2.45) is 0 Å². The van der Waals surface area contributed by atoms with Gasteiger partial charge in [-0.3, -0.25) is 4.57 Å². The first-order valence-electron chi connectivity index (χ1n) is 6.12. The fourth-order valence-corrected chi connectivity index (χ4v) is 2.39. The van der Waals surface area contributed by atoms with Gasteiger partial charge in [0.2, 0.25) is 5.82 Å². The number of fused-ring (bicyclic) bond motifs is 1. The van der Waals surface area contributed by atoms with Crippen LogP contribution < -0.4 is 5.32 Å². The average Bonchev–Trinajstić information content (AvgIpc) is 2.79. The molecule has 0 saturated carbocycles. The van der Waals surface area contributed by atoms with Gasteiger partial charge in [0.15, 0.2) is 0 Å². The molecule has 0 atom stereocenters. The van der Waals surface area contributed by atoms with Crippen molar-refractivity contribution in [2.75, 3.05) is 6.54 Å². The van der Waals surface area contributed by atoms with E-state index in [2.05, 4.69) is 10.3 Å². The van der Waals surface area contributed by atoms with Crippen molar-refractivity contribution in [3.05, 3.63) is 47.3 Å². The maximum Gasteiger partial charge on any atom is 0.450 e. The summed E-state index contributed by atoms with van der Waals surface area (Å²) in [5.41, 5.74) is 0.628. The SMILES string of the molecule is Fc1ccccc1-n1c(C(F)(F)F)nc2c1CCNC2. The Morgan fingerprint density at radius 3 is 2.65 bits per heavy atom. The number of para-hydroxylation sites is 1. The maximum absolute atomic E-state index is 13.9. The van der Waals surface area contributed by atoms with E-state index >= 15 is 0 Å². The zero-order valence-electron chi connectivity index (χ0n) is 10.3. The topological polar surface area (TPSA) is 29.9 Å². The molecule has 0 radical (unpaired) electrons. The summed E-state index contributed by atoms with van der Waals surface area (Å²) in [7, 11) is 0. The van der Waals surface area contributed by atoms with E-state index in [9.17, 15) is 17.6 Å². The molecule has 3 rings (SSSR count). The molecule has 20 heavy (non-hydrogen) atoms. The molecule has 0 amide bonds. The first kappa shape index (κ1) is 13.1. The number of hydrogen-bond acceptors (Lipinski definition) is 2. The minimum absolute atomic E-state index is 0.115. The van der Waals surface area contributed by atoms with E-state index in [1.54, 1.807) is 0 Å². The van der Waals surface area contributed by atoms with Crippen LogP contribution in [0, 0.1) is 5.82 Å². The summed E-state index contributed by atoms with van der Waals surface area (Å²) < 4.78 is 54.1. The quantitative estimate of drug-likeness (QED) is 0.816. The fourth-order valence-electron chi connectivity index (χ4n) is 2.39. The van der Waals surface area contributed by atoms with Crippen molar-refractivity contribution in [1.29, 1.82) is 0 Å². The van der Waals surface area contributed by atoms with Gasteiger partial charge in [0, 0.05) is 25.2 Å². The van der Waals surface area contributed by atoms with Crippen molar-refractivity contribution in [1.82, 2.24) is 14.9 Å². The van der Waals surface area contributed by atoms with Gasteiger partial charge < -0.3 is 5.32 Å². The predicted octanol–water partition coefficient (Wildman–Crippen LogP) is 2.68. The third-order valence-electron chi connectivity index (χ3n) is 3.23. The number of imidazole rings is 1. The molecule has 1 aromatic carbocycles. The van der Waals surface area contributed by atoms with Gasteiger partial charge in [-0.2, -0.15) is 13.2 Å². The summed E-state index contributed by atoms with van der Waals surface area (Å²) in [6.07, 6.45) is -4.24. The lowest BCUT2D eigenvalue weighted by Gasteiger charge is -2.17. The van der Waals surface area contributed by atoms with Crippen molar-refractivity contribution in [3.63, 3.8) is 0 Å². The van der Waals surface area contributed by atoms with Gasteiger partial charge in [0.1, 0.15) is 5.82 Å². The van der Waals surface area contributed by atoms with Gasteiger partial charge in [-0.15, -0.1) is 0 Å². The number of alkyl halides is 3. The Morgan fingerprint density at radius 1 is 1.20 bits per heavy atom. The standard InChI is InChI=1S/C13H11F4N3/c14-8-3-1-2-4-10(8)20-11-5-6-18-7-9(11)19-12(20)13(15,16)17/h1-4,18H,5-7H2. The van der Waals surface area contributed by atoms with E-state index in [0.717, 1.165) is 10.6 Å². The van der Waals surface area contributed by atoms with Crippen LogP contribution in [0.4, 0.5) is 17.6 Å². The minimum Gasteiger partial charge on any atom is -0.311 e. The Bertz CT molecular complexity index is 646. The Kier molecular flexibility index (Phi) is 3.01. The highest BCUT2D eigenvalue weighted by Crippen LogP contribution is 2.34. The molecule has 0 fully saturated rings. The summed E-state index contributed by atoms with van der Waals surface area (Å²) >= 11 is 0. The minimum atomic E-state index is -4.63. The maximum atomic E-state index is 13.9. The summed E-state index contributed by atoms with van der Waals surface area (Å²) in [5.74, 6) is -1.77. The summed E-state index contributed by atoms with van der Waals surface area (Å²) in [6.45, 7) is 0.810. The monoisotopic (exact) mass is 285 g/mol.